The minimum atomic E-state index is 0.892. The molecule has 0 fully saturated rings. The summed E-state index contributed by atoms with van der Waals surface area (Å²) < 4.78 is 11.6. The zero-order valence-electron chi connectivity index (χ0n) is 15.3. The molecule has 0 saturated heterocycles. The molecule has 0 aliphatic rings. The number of benzene rings is 3. The van der Waals surface area contributed by atoms with Gasteiger partial charge in [0.2, 0.25) is 0 Å². The molecule has 3 aromatic rings. The third kappa shape index (κ3) is 5.96. The first kappa shape index (κ1) is 20.2. The number of halogens is 1. The molecule has 140 valence electrons. The highest BCUT2D eigenvalue weighted by Crippen LogP contribution is 2.34. The molecule has 0 N–H and O–H groups in total. The second-order valence-corrected chi connectivity index (χ2v) is 8.79. The van der Waals surface area contributed by atoms with Crippen LogP contribution in [0, 0.1) is 0 Å². The van der Waals surface area contributed by atoms with E-state index in [0.717, 1.165) is 27.5 Å². The Morgan fingerprint density at radius 3 is 1.70 bits per heavy atom. The largest absolute Gasteiger partial charge is 0.497 e. The maximum absolute atomic E-state index is 5.21. The Morgan fingerprint density at radius 1 is 0.704 bits per heavy atom. The number of thioether (sulfide) groups is 2. The van der Waals surface area contributed by atoms with Crippen LogP contribution in [0.4, 0.5) is 0 Å². The molecule has 27 heavy (non-hydrogen) atoms. The fraction of sp³-hybridized carbons (Fsp3) is 0.182. The van der Waals surface area contributed by atoms with Crippen LogP contribution in [0.3, 0.4) is 0 Å². The number of hydrogen-bond acceptors (Lipinski definition) is 4. The van der Waals surface area contributed by atoms with E-state index in [4.69, 9.17) is 9.47 Å². The lowest BCUT2D eigenvalue weighted by Crippen LogP contribution is -1.86. The van der Waals surface area contributed by atoms with E-state index >= 15 is 0 Å². The molecule has 0 aliphatic heterocycles. The van der Waals surface area contributed by atoms with Crippen molar-refractivity contribution in [2.45, 2.75) is 21.3 Å². The van der Waals surface area contributed by atoms with Gasteiger partial charge in [-0.15, -0.1) is 23.5 Å². The Kier molecular flexibility index (Phi) is 7.56. The van der Waals surface area contributed by atoms with E-state index in [1.165, 1.54) is 20.9 Å². The van der Waals surface area contributed by atoms with Gasteiger partial charge in [-0.1, -0.05) is 24.3 Å². The molecule has 0 spiro atoms. The molecular weight excluding hydrogens is 440 g/mol. The molecule has 0 saturated carbocycles. The number of ether oxygens (including phenoxy) is 2. The van der Waals surface area contributed by atoms with Gasteiger partial charge in [0, 0.05) is 25.8 Å². The third-order valence-corrected chi connectivity index (χ3v) is 7.15. The summed E-state index contributed by atoms with van der Waals surface area (Å²) in [5.41, 5.74) is 2.57. The summed E-state index contributed by atoms with van der Waals surface area (Å²) in [6, 6.07) is 23.0. The Labute approximate surface area is 177 Å². The van der Waals surface area contributed by atoms with Gasteiger partial charge in [-0.2, -0.15) is 0 Å². The Bertz CT molecular complexity index is 864. The van der Waals surface area contributed by atoms with Crippen molar-refractivity contribution in [3.63, 3.8) is 0 Å². The van der Waals surface area contributed by atoms with Gasteiger partial charge in [0.25, 0.3) is 0 Å². The molecular formula is C22H21BrO2S2. The molecule has 0 radical (unpaired) electrons. The van der Waals surface area contributed by atoms with Crippen LogP contribution in [-0.4, -0.2) is 14.2 Å². The molecule has 0 bridgehead atoms. The summed E-state index contributed by atoms with van der Waals surface area (Å²) in [6.45, 7) is 0. The van der Waals surface area contributed by atoms with E-state index < -0.39 is 0 Å². The lowest BCUT2D eigenvalue weighted by molar-refractivity contribution is 0.414. The molecule has 3 aromatic carbocycles. The molecule has 0 atom stereocenters. The summed E-state index contributed by atoms with van der Waals surface area (Å²) in [4.78, 5) is 2.51. The van der Waals surface area contributed by atoms with Crippen molar-refractivity contribution < 1.29 is 9.47 Å². The second-order valence-electron chi connectivity index (χ2n) is 5.87. The molecule has 0 aromatic heterocycles. The molecule has 3 rings (SSSR count). The fourth-order valence-corrected chi connectivity index (χ4v) is 5.10. The van der Waals surface area contributed by atoms with Crippen LogP contribution < -0.4 is 9.47 Å². The smallest absolute Gasteiger partial charge is 0.118 e. The topological polar surface area (TPSA) is 18.5 Å². The quantitative estimate of drug-likeness (QED) is 0.335. The first-order valence-electron chi connectivity index (χ1n) is 8.49. The van der Waals surface area contributed by atoms with E-state index in [-0.39, 0.29) is 0 Å². The average molecular weight is 461 g/mol. The Hall–Kier alpha value is -1.56. The molecule has 2 nitrogen and oxygen atoms in total. The van der Waals surface area contributed by atoms with Crippen LogP contribution in [0.15, 0.2) is 81.0 Å². The minimum Gasteiger partial charge on any atom is -0.497 e. The van der Waals surface area contributed by atoms with E-state index in [9.17, 15) is 0 Å². The van der Waals surface area contributed by atoms with Crippen molar-refractivity contribution in [3.05, 3.63) is 82.3 Å². The standard InChI is InChI=1S/C22H21BrO2S2/c1-24-18-7-3-16(4-8-18)14-26-20-11-12-22(21(23)13-20)27-15-17-5-9-19(25-2)10-6-17/h3-13H,14-15H2,1-2H3. The zero-order valence-corrected chi connectivity index (χ0v) is 18.5. The normalized spacial score (nSPS) is 10.6. The van der Waals surface area contributed by atoms with Crippen LogP contribution in [-0.2, 0) is 11.5 Å². The van der Waals surface area contributed by atoms with Gasteiger partial charge in [-0.3, -0.25) is 0 Å². The molecule has 0 aliphatic carbocycles. The van der Waals surface area contributed by atoms with Gasteiger partial charge >= 0.3 is 0 Å². The van der Waals surface area contributed by atoms with E-state index in [1.54, 1.807) is 14.2 Å². The maximum Gasteiger partial charge on any atom is 0.118 e. The monoisotopic (exact) mass is 460 g/mol. The van der Waals surface area contributed by atoms with Crippen LogP contribution >= 0.6 is 39.5 Å². The predicted octanol–water partition coefficient (Wildman–Crippen LogP) is 7.05. The summed E-state index contributed by atoms with van der Waals surface area (Å²) in [5.74, 6) is 3.66. The number of methoxy groups -OCH3 is 2. The van der Waals surface area contributed by atoms with Gasteiger partial charge in [0.15, 0.2) is 0 Å². The van der Waals surface area contributed by atoms with Gasteiger partial charge in [-0.05, 0) is 69.5 Å². The maximum atomic E-state index is 5.21. The van der Waals surface area contributed by atoms with E-state index in [0.29, 0.717) is 0 Å². The number of hydrogen-bond donors (Lipinski definition) is 0. The molecule has 0 unspecified atom stereocenters. The van der Waals surface area contributed by atoms with Crippen molar-refractivity contribution in [1.82, 2.24) is 0 Å². The molecule has 0 amide bonds. The molecule has 0 heterocycles. The van der Waals surface area contributed by atoms with Gasteiger partial charge in [-0.25, -0.2) is 0 Å². The lowest BCUT2D eigenvalue weighted by atomic mass is 10.2. The first-order chi connectivity index (χ1) is 13.2. The van der Waals surface area contributed by atoms with Crippen LogP contribution in [0.5, 0.6) is 11.5 Å². The second kappa shape index (κ2) is 10.1. The third-order valence-electron chi connectivity index (χ3n) is 4.02. The van der Waals surface area contributed by atoms with E-state index in [1.807, 2.05) is 47.8 Å². The Balaban J connectivity index is 1.55. The SMILES string of the molecule is COc1ccc(CSc2ccc(SCc3ccc(OC)cc3)c(Br)c2)cc1. The Morgan fingerprint density at radius 2 is 1.22 bits per heavy atom. The predicted molar refractivity (Wildman–Crippen MR) is 119 cm³/mol. The van der Waals surface area contributed by atoms with Crippen LogP contribution in [0.25, 0.3) is 0 Å². The lowest BCUT2D eigenvalue weighted by Gasteiger charge is -2.08. The van der Waals surface area contributed by atoms with Crippen molar-refractivity contribution in [1.29, 1.82) is 0 Å². The van der Waals surface area contributed by atoms with Gasteiger partial charge in [0.1, 0.15) is 11.5 Å². The van der Waals surface area contributed by atoms with Gasteiger partial charge in [0.05, 0.1) is 14.2 Å². The van der Waals surface area contributed by atoms with Crippen molar-refractivity contribution >= 4 is 39.5 Å². The van der Waals surface area contributed by atoms with Gasteiger partial charge < -0.3 is 9.47 Å². The van der Waals surface area contributed by atoms with Crippen molar-refractivity contribution in [2.75, 3.05) is 14.2 Å². The summed E-state index contributed by atoms with van der Waals surface area (Å²) in [5, 5.41) is 0. The van der Waals surface area contributed by atoms with Crippen molar-refractivity contribution in [3.8, 4) is 11.5 Å². The fourth-order valence-electron chi connectivity index (χ4n) is 2.46. The number of rotatable bonds is 8. The van der Waals surface area contributed by atoms with E-state index in [2.05, 4.69) is 58.4 Å². The van der Waals surface area contributed by atoms with Crippen LogP contribution in [0.1, 0.15) is 11.1 Å². The van der Waals surface area contributed by atoms with Crippen molar-refractivity contribution in [2.24, 2.45) is 0 Å². The first-order valence-corrected chi connectivity index (χ1v) is 11.3. The highest BCUT2D eigenvalue weighted by molar-refractivity contribution is 9.10. The minimum absolute atomic E-state index is 0.892. The summed E-state index contributed by atoms with van der Waals surface area (Å²) in [6.07, 6.45) is 0. The molecule has 5 heteroatoms. The summed E-state index contributed by atoms with van der Waals surface area (Å²) in [7, 11) is 3.38. The average Bonchev–Trinajstić information content (AvgIpc) is 2.72. The highest BCUT2D eigenvalue weighted by Gasteiger charge is 2.05. The van der Waals surface area contributed by atoms with Crippen LogP contribution in [0.2, 0.25) is 0 Å². The summed E-state index contributed by atoms with van der Waals surface area (Å²) >= 11 is 7.38. The zero-order chi connectivity index (χ0) is 19.1. The highest BCUT2D eigenvalue weighted by atomic mass is 79.9.